The van der Waals surface area contributed by atoms with E-state index in [4.69, 9.17) is 20.3 Å². The number of anilines is 1. The molecular formula is C21H26N4O2S. The lowest BCUT2D eigenvalue weighted by molar-refractivity contribution is 0.286. The molecule has 2 aromatic carbocycles. The van der Waals surface area contributed by atoms with Gasteiger partial charge in [0.15, 0.2) is 0 Å². The van der Waals surface area contributed by atoms with E-state index in [9.17, 15) is 0 Å². The molecule has 0 radical (unpaired) electrons. The van der Waals surface area contributed by atoms with Crippen LogP contribution in [0, 0.1) is 0 Å². The van der Waals surface area contributed by atoms with E-state index < -0.39 is 0 Å². The molecule has 0 spiro atoms. The Bertz CT molecular complexity index is 1030. The van der Waals surface area contributed by atoms with Gasteiger partial charge in [-0.1, -0.05) is 25.6 Å². The van der Waals surface area contributed by atoms with Crippen LogP contribution in [0.4, 0.5) is 5.69 Å². The summed E-state index contributed by atoms with van der Waals surface area (Å²) < 4.78 is 13.2. The molecule has 1 aromatic heterocycles. The molecule has 0 saturated heterocycles. The predicted molar refractivity (Wildman–Crippen MR) is 115 cm³/mol. The first-order chi connectivity index (χ1) is 13.6. The van der Waals surface area contributed by atoms with E-state index in [1.54, 1.807) is 26.0 Å². The van der Waals surface area contributed by atoms with E-state index in [1.165, 1.54) is 0 Å². The zero-order valence-corrected chi connectivity index (χ0v) is 17.6. The molecule has 0 fully saturated rings. The molecular weight excluding hydrogens is 372 g/mol. The second-order valence-corrected chi connectivity index (χ2v) is 7.84. The maximum absolute atomic E-state index is 6.39. The number of methoxy groups -OCH3 is 2. The number of aromatic nitrogens is 2. The number of nitrogens with two attached hydrogens (primary N) is 1. The minimum Gasteiger partial charge on any atom is -0.497 e. The van der Waals surface area contributed by atoms with Crippen molar-refractivity contribution in [2.45, 2.75) is 30.2 Å². The largest absolute Gasteiger partial charge is 0.497 e. The smallest absolute Gasteiger partial charge is 0.146 e. The number of fused-ring (bicyclic) bond motifs is 2. The summed E-state index contributed by atoms with van der Waals surface area (Å²) in [5.41, 5.74) is 10.2. The van der Waals surface area contributed by atoms with Gasteiger partial charge >= 0.3 is 0 Å². The van der Waals surface area contributed by atoms with Crippen LogP contribution in [0.2, 0.25) is 0 Å². The molecule has 0 bridgehead atoms. The van der Waals surface area contributed by atoms with Crippen LogP contribution in [0.5, 0.6) is 11.5 Å². The van der Waals surface area contributed by atoms with E-state index in [-0.39, 0.29) is 0 Å². The van der Waals surface area contributed by atoms with Crippen LogP contribution >= 0.6 is 11.8 Å². The second-order valence-electron chi connectivity index (χ2n) is 6.78. The third kappa shape index (κ3) is 2.99. The fourth-order valence-electron chi connectivity index (χ4n) is 3.76. The third-order valence-electron chi connectivity index (χ3n) is 5.36. The van der Waals surface area contributed by atoms with Gasteiger partial charge in [-0.05, 0) is 31.3 Å². The fraction of sp³-hybridized carbons (Fsp3) is 0.381. The number of hydrogen-bond donors (Lipinski definition) is 1. The minimum absolute atomic E-state index is 0.723. The molecule has 148 valence electrons. The predicted octanol–water partition coefficient (Wildman–Crippen LogP) is 4.11. The second kappa shape index (κ2) is 7.56. The van der Waals surface area contributed by atoms with Crippen LogP contribution in [0.3, 0.4) is 0 Å². The molecule has 3 aromatic rings. The molecule has 7 heteroatoms. The average molecular weight is 399 g/mol. The highest BCUT2D eigenvalue weighted by molar-refractivity contribution is 8.00. The van der Waals surface area contributed by atoms with Crippen LogP contribution in [-0.4, -0.2) is 48.5 Å². The normalized spacial score (nSPS) is 12.5. The maximum Gasteiger partial charge on any atom is 0.146 e. The number of nitrogen functional groups attached to an aromatic ring is 1. The molecule has 0 unspecified atom stereocenters. The van der Waals surface area contributed by atoms with Gasteiger partial charge in [-0.25, -0.2) is 0 Å². The van der Waals surface area contributed by atoms with Crippen molar-refractivity contribution in [3.05, 3.63) is 24.3 Å². The first kappa shape index (κ1) is 19.0. The zero-order valence-electron chi connectivity index (χ0n) is 16.8. The molecule has 2 heterocycles. The van der Waals surface area contributed by atoms with Crippen molar-refractivity contribution >= 4 is 28.4 Å². The Kier molecular flexibility index (Phi) is 5.12. The number of likely N-dealkylation sites (N-methyl/N-ethyl adjacent to an activating group) is 1. The van der Waals surface area contributed by atoms with Crippen LogP contribution in [0.1, 0.15) is 13.8 Å². The van der Waals surface area contributed by atoms with Crippen molar-refractivity contribution in [1.29, 1.82) is 0 Å². The van der Waals surface area contributed by atoms with Gasteiger partial charge in [-0.2, -0.15) is 5.10 Å². The Morgan fingerprint density at radius 1 is 1.14 bits per heavy atom. The van der Waals surface area contributed by atoms with E-state index in [1.807, 2.05) is 12.1 Å². The van der Waals surface area contributed by atoms with Crippen molar-refractivity contribution in [2.24, 2.45) is 0 Å². The van der Waals surface area contributed by atoms with Gasteiger partial charge in [-0.3, -0.25) is 4.68 Å². The molecule has 0 atom stereocenters. The maximum atomic E-state index is 6.39. The Balaban J connectivity index is 1.92. The van der Waals surface area contributed by atoms with Gasteiger partial charge < -0.3 is 20.1 Å². The lowest BCUT2D eigenvalue weighted by Gasteiger charge is -2.19. The van der Waals surface area contributed by atoms with Gasteiger partial charge in [0, 0.05) is 33.4 Å². The lowest BCUT2D eigenvalue weighted by Crippen LogP contribution is -2.27. The molecule has 0 saturated carbocycles. The van der Waals surface area contributed by atoms with Gasteiger partial charge in [0.1, 0.15) is 22.7 Å². The Morgan fingerprint density at radius 2 is 1.93 bits per heavy atom. The van der Waals surface area contributed by atoms with Gasteiger partial charge in [0.2, 0.25) is 0 Å². The summed E-state index contributed by atoms with van der Waals surface area (Å²) in [5.74, 6) is 1.59. The van der Waals surface area contributed by atoms with Crippen molar-refractivity contribution in [3.8, 4) is 22.8 Å². The third-order valence-corrected chi connectivity index (χ3v) is 6.58. The van der Waals surface area contributed by atoms with Gasteiger partial charge in [0.05, 0.1) is 26.5 Å². The quantitative estimate of drug-likeness (QED) is 0.473. The standard InChI is InChI=1S/C21H26N4O2S/c1-5-24(6-2)9-10-25-20-16(27-4)12-15(22)21-18(20)19(23-25)14-11-13(26-3)7-8-17(14)28-21/h7-8,11-12H,5-6,9-10,22H2,1-4H3. The number of benzene rings is 2. The highest BCUT2D eigenvalue weighted by Crippen LogP contribution is 2.52. The molecule has 4 rings (SSSR count). The average Bonchev–Trinajstić information content (AvgIpc) is 3.11. The van der Waals surface area contributed by atoms with E-state index in [0.29, 0.717) is 0 Å². The summed E-state index contributed by atoms with van der Waals surface area (Å²) in [6, 6.07) is 8.02. The lowest BCUT2D eigenvalue weighted by atomic mass is 10.1. The summed E-state index contributed by atoms with van der Waals surface area (Å²) in [4.78, 5) is 4.58. The summed E-state index contributed by atoms with van der Waals surface area (Å²) in [6.45, 7) is 8.14. The van der Waals surface area contributed by atoms with Crippen LogP contribution in [0.25, 0.3) is 22.2 Å². The van der Waals surface area contributed by atoms with Crippen molar-refractivity contribution in [1.82, 2.24) is 14.7 Å². The highest BCUT2D eigenvalue weighted by Gasteiger charge is 2.28. The summed E-state index contributed by atoms with van der Waals surface area (Å²) in [5, 5.41) is 6.08. The van der Waals surface area contributed by atoms with Gasteiger partial charge in [0.25, 0.3) is 0 Å². The Morgan fingerprint density at radius 3 is 2.61 bits per heavy atom. The number of rotatable bonds is 7. The molecule has 1 aliphatic rings. The summed E-state index contributed by atoms with van der Waals surface area (Å²) in [6.07, 6.45) is 0. The van der Waals surface area contributed by atoms with Crippen LogP contribution < -0.4 is 15.2 Å². The molecule has 1 aliphatic heterocycles. The van der Waals surface area contributed by atoms with Crippen molar-refractivity contribution < 1.29 is 9.47 Å². The molecule has 28 heavy (non-hydrogen) atoms. The monoisotopic (exact) mass is 398 g/mol. The first-order valence-electron chi connectivity index (χ1n) is 9.56. The molecule has 6 nitrogen and oxygen atoms in total. The summed E-state index contributed by atoms with van der Waals surface area (Å²) >= 11 is 1.69. The molecule has 2 N–H and O–H groups in total. The number of nitrogens with zero attached hydrogens (tertiary/aromatic N) is 3. The van der Waals surface area contributed by atoms with E-state index >= 15 is 0 Å². The zero-order chi connectivity index (χ0) is 19.8. The van der Waals surface area contributed by atoms with Crippen molar-refractivity contribution in [2.75, 3.05) is 39.6 Å². The molecule has 0 aliphatic carbocycles. The van der Waals surface area contributed by atoms with Gasteiger partial charge in [-0.15, -0.1) is 0 Å². The SMILES string of the molecule is CCN(CC)CCn1nc2c3c(c(N)cc(OC)c31)Sc1ccc(OC)cc1-2. The van der Waals surface area contributed by atoms with Crippen molar-refractivity contribution in [3.63, 3.8) is 0 Å². The van der Waals surface area contributed by atoms with E-state index in [2.05, 4.69) is 35.6 Å². The Labute approximate surface area is 169 Å². The Hall–Kier alpha value is -2.38. The fourth-order valence-corrected chi connectivity index (χ4v) is 4.85. The number of ether oxygens (including phenoxy) is 2. The van der Waals surface area contributed by atoms with E-state index in [0.717, 1.165) is 75.3 Å². The van der Waals surface area contributed by atoms with Crippen LogP contribution in [-0.2, 0) is 6.54 Å². The first-order valence-corrected chi connectivity index (χ1v) is 10.4. The topological polar surface area (TPSA) is 65.5 Å². The summed E-state index contributed by atoms with van der Waals surface area (Å²) in [7, 11) is 3.37. The highest BCUT2D eigenvalue weighted by atomic mass is 32.2. The minimum atomic E-state index is 0.723. The molecule has 0 amide bonds. The van der Waals surface area contributed by atoms with Crippen LogP contribution in [0.15, 0.2) is 34.1 Å². The number of hydrogen-bond acceptors (Lipinski definition) is 6.